The largest absolute Gasteiger partial charge is 0.496 e. The van der Waals surface area contributed by atoms with Crippen molar-refractivity contribution < 1.29 is 24.5 Å². The van der Waals surface area contributed by atoms with Gasteiger partial charge in [-0.3, -0.25) is 0 Å². The van der Waals surface area contributed by atoms with Crippen molar-refractivity contribution in [2.75, 3.05) is 20.3 Å². The van der Waals surface area contributed by atoms with E-state index in [2.05, 4.69) is 15.9 Å². The first-order valence-electron chi connectivity index (χ1n) is 5.39. The molecular formula is C12H15BrO5. The molecule has 0 bridgehead atoms. The molecule has 0 saturated heterocycles. The van der Waals surface area contributed by atoms with Gasteiger partial charge < -0.3 is 19.7 Å². The second kappa shape index (κ2) is 7.35. The molecule has 0 aliphatic carbocycles. The van der Waals surface area contributed by atoms with Gasteiger partial charge in [0.1, 0.15) is 5.75 Å². The van der Waals surface area contributed by atoms with Crippen molar-refractivity contribution >= 4 is 21.9 Å². The molecule has 0 spiro atoms. The number of methoxy groups -OCH3 is 1. The summed E-state index contributed by atoms with van der Waals surface area (Å²) in [4.78, 5) is 11.1. The van der Waals surface area contributed by atoms with E-state index in [9.17, 15) is 4.79 Å². The maximum Gasteiger partial charge on any atom is 0.337 e. The van der Waals surface area contributed by atoms with Crippen LogP contribution in [-0.2, 0) is 9.53 Å². The number of rotatable bonds is 7. The van der Waals surface area contributed by atoms with Crippen LogP contribution in [-0.4, -0.2) is 36.5 Å². The Morgan fingerprint density at radius 2 is 2.22 bits per heavy atom. The van der Waals surface area contributed by atoms with Crippen LogP contribution in [0.15, 0.2) is 22.7 Å². The van der Waals surface area contributed by atoms with Crippen molar-refractivity contribution in [2.45, 2.75) is 12.5 Å². The molecule has 18 heavy (non-hydrogen) atoms. The van der Waals surface area contributed by atoms with Gasteiger partial charge in [0.2, 0.25) is 0 Å². The summed E-state index contributed by atoms with van der Waals surface area (Å²) in [5.74, 6) is -0.441. The Morgan fingerprint density at radius 1 is 1.50 bits per heavy atom. The lowest BCUT2D eigenvalue weighted by atomic mass is 10.1. The maximum absolute atomic E-state index is 11.1. The summed E-state index contributed by atoms with van der Waals surface area (Å²) in [6, 6.07) is 4.96. The third-order valence-corrected chi connectivity index (χ3v) is 2.91. The topological polar surface area (TPSA) is 76.0 Å². The summed E-state index contributed by atoms with van der Waals surface area (Å²) < 4.78 is 11.0. The highest BCUT2D eigenvalue weighted by Crippen LogP contribution is 2.29. The highest BCUT2D eigenvalue weighted by atomic mass is 79.9. The maximum atomic E-state index is 11.1. The van der Waals surface area contributed by atoms with E-state index in [0.29, 0.717) is 22.2 Å². The molecule has 2 N–H and O–H groups in total. The smallest absolute Gasteiger partial charge is 0.337 e. The summed E-state index contributed by atoms with van der Waals surface area (Å²) in [5, 5.41) is 17.8. The Morgan fingerprint density at radius 3 is 2.72 bits per heavy atom. The first kappa shape index (κ1) is 14.9. The second-order valence-electron chi connectivity index (χ2n) is 3.56. The van der Waals surface area contributed by atoms with Gasteiger partial charge in [-0.2, -0.15) is 0 Å². The van der Waals surface area contributed by atoms with Gasteiger partial charge in [0.25, 0.3) is 0 Å². The van der Waals surface area contributed by atoms with Gasteiger partial charge in [0.05, 0.1) is 18.2 Å². The molecule has 1 unspecified atom stereocenters. The lowest BCUT2D eigenvalue weighted by Crippen LogP contribution is -2.16. The van der Waals surface area contributed by atoms with Crippen molar-refractivity contribution in [2.24, 2.45) is 0 Å². The highest BCUT2D eigenvalue weighted by Gasteiger charge is 2.21. The minimum atomic E-state index is -1.06. The van der Waals surface area contributed by atoms with E-state index in [-0.39, 0.29) is 13.2 Å². The van der Waals surface area contributed by atoms with Crippen molar-refractivity contribution in [3.63, 3.8) is 0 Å². The third kappa shape index (κ3) is 3.97. The predicted molar refractivity (Wildman–Crippen MR) is 68.7 cm³/mol. The summed E-state index contributed by atoms with van der Waals surface area (Å²) in [6.07, 6.45) is -0.639. The van der Waals surface area contributed by atoms with Crippen molar-refractivity contribution in [1.29, 1.82) is 0 Å². The van der Waals surface area contributed by atoms with Crippen LogP contribution in [0.25, 0.3) is 0 Å². The first-order valence-corrected chi connectivity index (χ1v) is 6.18. The standard InChI is InChI=1S/C12H15BrO5/c1-17-10-4-3-8(7-9(10)13)11(12(15)16)18-6-2-5-14/h3-4,7,11,14H,2,5-6H2,1H3,(H,15,16). The third-order valence-electron chi connectivity index (χ3n) is 2.29. The van der Waals surface area contributed by atoms with Gasteiger partial charge in [-0.15, -0.1) is 0 Å². The zero-order valence-corrected chi connectivity index (χ0v) is 11.5. The molecule has 0 aromatic heterocycles. The zero-order valence-electron chi connectivity index (χ0n) is 9.93. The van der Waals surface area contributed by atoms with E-state index < -0.39 is 12.1 Å². The van der Waals surface area contributed by atoms with Crippen LogP contribution < -0.4 is 4.74 Å². The number of hydrogen-bond acceptors (Lipinski definition) is 4. The molecule has 1 atom stereocenters. The highest BCUT2D eigenvalue weighted by molar-refractivity contribution is 9.10. The molecule has 1 rings (SSSR count). The van der Waals surface area contributed by atoms with Gasteiger partial charge >= 0.3 is 5.97 Å². The molecule has 5 nitrogen and oxygen atoms in total. The normalized spacial score (nSPS) is 12.2. The van der Waals surface area contributed by atoms with Crippen LogP contribution >= 0.6 is 15.9 Å². The van der Waals surface area contributed by atoms with E-state index in [0.717, 1.165) is 0 Å². The van der Waals surface area contributed by atoms with Crippen LogP contribution in [0.4, 0.5) is 0 Å². The monoisotopic (exact) mass is 318 g/mol. The van der Waals surface area contributed by atoms with E-state index in [1.165, 1.54) is 7.11 Å². The summed E-state index contributed by atoms with van der Waals surface area (Å²) in [6.45, 7) is 0.162. The van der Waals surface area contributed by atoms with E-state index in [4.69, 9.17) is 19.7 Å². The fourth-order valence-electron chi connectivity index (χ4n) is 1.42. The molecule has 0 saturated carbocycles. The predicted octanol–water partition coefficient (Wildman–Crippen LogP) is 1.98. The van der Waals surface area contributed by atoms with Crippen molar-refractivity contribution in [3.8, 4) is 5.75 Å². The fraction of sp³-hybridized carbons (Fsp3) is 0.417. The van der Waals surface area contributed by atoms with Crippen LogP contribution in [0.5, 0.6) is 5.75 Å². The molecule has 0 aliphatic heterocycles. The molecule has 1 aromatic carbocycles. The molecule has 0 fully saturated rings. The van der Waals surface area contributed by atoms with Gasteiger partial charge in [-0.05, 0) is 40.0 Å². The van der Waals surface area contributed by atoms with E-state index in [1.807, 2.05) is 0 Å². The molecule has 6 heteroatoms. The Labute approximate surface area is 113 Å². The Hall–Kier alpha value is -1.11. The van der Waals surface area contributed by atoms with Crippen molar-refractivity contribution in [3.05, 3.63) is 28.2 Å². The van der Waals surface area contributed by atoms with Gasteiger partial charge in [-0.1, -0.05) is 6.07 Å². The lowest BCUT2D eigenvalue weighted by molar-refractivity contribution is -0.151. The number of hydrogen-bond donors (Lipinski definition) is 2. The number of benzene rings is 1. The summed E-state index contributed by atoms with van der Waals surface area (Å²) >= 11 is 3.29. The quantitative estimate of drug-likeness (QED) is 0.752. The summed E-state index contributed by atoms with van der Waals surface area (Å²) in [5.41, 5.74) is 0.521. The van der Waals surface area contributed by atoms with E-state index in [1.54, 1.807) is 18.2 Å². The second-order valence-corrected chi connectivity index (χ2v) is 4.41. The number of halogens is 1. The van der Waals surface area contributed by atoms with Crippen LogP contribution in [0.1, 0.15) is 18.1 Å². The fourth-order valence-corrected chi connectivity index (χ4v) is 1.98. The number of ether oxygens (including phenoxy) is 2. The number of carbonyl (C=O) groups is 1. The first-order chi connectivity index (χ1) is 8.60. The number of carboxylic acid groups (broad SMARTS) is 1. The Kier molecular flexibility index (Phi) is 6.11. The molecule has 0 radical (unpaired) electrons. The average Bonchev–Trinajstić information content (AvgIpc) is 2.34. The van der Waals surface area contributed by atoms with Gasteiger partial charge in [0, 0.05) is 6.61 Å². The molecular weight excluding hydrogens is 304 g/mol. The number of aliphatic carboxylic acids is 1. The minimum absolute atomic E-state index is 0.0291. The van der Waals surface area contributed by atoms with Crippen LogP contribution in [0.2, 0.25) is 0 Å². The number of carboxylic acids is 1. The van der Waals surface area contributed by atoms with Crippen molar-refractivity contribution in [1.82, 2.24) is 0 Å². The number of aliphatic hydroxyl groups excluding tert-OH is 1. The molecule has 0 amide bonds. The average molecular weight is 319 g/mol. The molecule has 100 valence electrons. The Bertz CT molecular complexity index is 407. The van der Waals surface area contributed by atoms with Crippen LogP contribution in [0.3, 0.4) is 0 Å². The zero-order chi connectivity index (χ0) is 13.5. The Balaban J connectivity index is 2.85. The molecule has 0 heterocycles. The van der Waals surface area contributed by atoms with E-state index >= 15 is 0 Å². The van der Waals surface area contributed by atoms with Gasteiger partial charge in [0.15, 0.2) is 6.10 Å². The summed E-state index contributed by atoms with van der Waals surface area (Å²) in [7, 11) is 1.53. The number of aliphatic hydroxyl groups is 1. The van der Waals surface area contributed by atoms with Gasteiger partial charge in [-0.25, -0.2) is 4.79 Å². The lowest BCUT2D eigenvalue weighted by Gasteiger charge is -2.15. The van der Waals surface area contributed by atoms with Crippen LogP contribution in [0, 0.1) is 0 Å². The SMILES string of the molecule is COc1ccc(C(OCCCO)C(=O)O)cc1Br. The molecule has 0 aliphatic rings. The molecule has 1 aromatic rings. The minimum Gasteiger partial charge on any atom is -0.496 e.